The van der Waals surface area contributed by atoms with E-state index in [1.807, 2.05) is 24.3 Å². The molecule has 0 atom stereocenters. The van der Waals surface area contributed by atoms with Crippen LogP contribution in [-0.2, 0) is 6.54 Å². The molecular formula is C14H11N5O3S. The highest BCUT2D eigenvalue weighted by Gasteiger charge is 2.16. The summed E-state index contributed by atoms with van der Waals surface area (Å²) in [4.78, 5) is 29.9. The van der Waals surface area contributed by atoms with Crippen molar-refractivity contribution in [3.8, 4) is 0 Å². The highest BCUT2D eigenvalue weighted by molar-refractivity contribution is 7.18. The summed E-state index contributed by atoms with van der Waals surface area (Å²) in [5, 5.41) is 14.5. The number of hydrogen-bond donors (Lipinski definition) is 2. The van der Waals surface area contributed by atoms with E-state index in [1.165, 1.54) is 11.3 Å². The molecule has 0 radical (unpaired) electrons. The minimum Gasteiger partial charge on any atom is -0.365 e. The van der Waals surface area contributed by atoms with E-state index in [4.69, 9.17) is 5.73 Å². The van der Waals surface area contributed by atoms with Crippen LogP contribution in [0.15, 0.2) is 36.5 Å². The van der Waals surface area contributed by atoms with E-state index in [0.717, 1.165) is 27.5 Å². The van der Waals surface area contributed by atoms with Crippen LogP contribution in [0.25, 0.3) is 10.2 Å². The zero-order valence-electron chi connectivity index (χ0n) is 11.7. The molecule has 0 bridgehead atoms. The molecular weight excluding hydrogens is 318 g/mol. The third-order valence-electron chi connectivity index (χ3n) is 3.09. The Morgan fingerprint density at radius 3 is 2.87 bits per heavy atom. The number of pyridine rings is 1. The van der Waals surface area contributed by atoms with Gasteiger partial charge in [0.1, 0.15) is 17.0 Å². The Balaban J connectivity index is 1.84. The Morgan fingerprint density at radius 2 is 2.17 bits per heavy atom. The summed E-state index contributed by atoms with van der Waals surface area (Å²) in [7, 11) is 0. The fraction of sp³-hybridized carbons (Fsp3) is 0.0714. The third-order valence-corrected chi connectivity index (χ3v) is 4.13. The maximum absolute atomic E-state index is 11.5. The molecule has 1 aromatic carbocycles. The van der Waals surface area contributed by atoms with Gasteiger partial charge in [-0.25, -0.2) is 9.97 Å². The van der Waals surface area contributed by atoms with E-state index in [0.29, 0.717) is 6.54 Å². The number of fused-ring (bicyclic) bond motifs is 1. The van der Waals surface area contributed by atoms with Gasteiger partial charge in [0.2, 0.25) is 0 Å². The number of primary amides is 1. The van der Waals surface area contributed by atoms with Crippen molar-refractivity contribution >= 4 is 39.0 Å². The molecule has 3 N–H and O–H groups in total. The third kappa shape index (κ3) is 3.09. The normalized spacial score (nSPS) is 10.6. The molecule has 2 aromatic heterocycles. The number of amides is 1. The zero-order chi connectivity index (χ0) is 16.4. The lowest BCUT2D eigenvalue weighted by molar-refractivity contribution is -0.385. The number of anilines is 1. The highest BCUT2D eigenvalue weighted by Crippen LogP contribution is 2.23. The van der Waals surface area contributed by atoms with Gasteiger partial charge in [0.05, 0.1) is 27.2 Å². The molecule has 8 nitrogen and oxygen atoms in total. The summed E-state index contributed by atoms with van der Waals surface area (Å²) in [6, 6.07) is 8.82. The first kappa shape index (κ1) is 14.9. The van der Waals surface area contributed by atoms with E-state index < -0.39 is 10.8 Å². The van der Waals surface area contributed by atoms with Gasteiger partial charge in [-0.3, -0.25) is 14.9 Å². The molecule has 9 heteroatoms. The van der Waals surface area contributed by atoms with Crippen molar-refractivity contribution in [2.45, 2.75) is 6.54 Å². The summed E-state index contributed by atoms with van der Waals surface area (Å²) in [6.07, 6.45) is 1.08. The lowest BCUT2D eigenvalue weighted by atomic mass is 10.2. The smallest absolute Gasteiger partial charge is 0.288 e. The van der Waals surface area contributed by atoms with Gasteiger partial charge >= 0.3 is 0 Å². The van der Waals surface area contributed by atoms with E-state index >= 15 is 0 Å². The number of carbonyl (C=O) groups is 1. The first-order chi connectivity index (χ1) is 11.0. The number of benzene rings is 1. The average Bonchev–Trinajstić information content (AvgIpc) is 2.95. The van der Waals surface area contributed by atoms with Gasteiger partial charge in [-0.1, -0.05) is 12.1 Å². The molecule has 0 fully saturated rings. The van der Waals surface area contributed by atoms with Gasteiger partial charge in [-0.05, 0) is 12.1 Å². The van der Waals surface area contributed by atoms with Crippen LogP contribution in [0.1, 0.15) is 15.4 Å². The van der Waals surface area contributed by atoms with Crippen molar-refractivity contribution in [1.29, 1.82) is 0 Å². The molecule has 0 aliphatic rings. The standard InChI is InChI=1S/C14H11N5O3S/c15-13(20)9-5-8(19(21)22)6-16-14(9)17-7-12-18-10-3-1-2-4-11(10)23-12/h1-6H,7H2,(H2,15,20)(H,16,17). The van der Waals surface area contributed by atoms with E-state index in [9.17, 15) is 14.9 Å². The Bertz CT molecular complexity index is 875. The maximum Gasteiger partial charge on any atom is 0.288 e. The Hall–Kier alpha value is -3.07. The number of hydrogen-bond acceptors (Lipinski definition) is 7. The molecule has 2 heterocycles. The fourth-order valence-electron chi connectivity index (χ4n) is 2.04. The molecule has 3 rings (SSSR count). The van der Waals surface area contributed by atoms with Crippen LogP contribution in [0.5, 0.6) is 0 Å². The Morgan fingerprint density at radius 1 is 1.39 bits per heavy atom. The highest BCUT2D eigenvalue weighted by atomic mass is 32.1. The predicted octanol–water partition coefficient (Wildman–Crippen LogP) is 2.31. The lowest BCUT2D eigenvalue weighted by Gasteiger charge is -2.07. The predicted molar refractivity (Wildman–Crippen MR) is 86.4 cm³/mol. The lowest BCUT2D eigenvalue weighted by Crippen LogP contribution is -2.16. The molecule has 3 aromatic rings. The number of nitrogens with two attached hydrogens (primary N) is 1. The molecule has 23 heavy (non-hydrogen) atoms. The number of rotatable bonds is 5. The van der Waals surface area contributed by atoms with Crippen LogP contribution >= 0.6 is 11.3 Å². The Labute approximate surface area is 134 Å². The largest absolute Gasteiger partial charge is 0.365 e. The summed E-state index contributed by atoms with van der Waals surface area (Å²) in [6.45, 7) is 0.338. The summed E-state index contributed by atoms with van der Waals surface area (Å²) < 4.78 is 1.05. The number of para-hydroxylation sites is 1. The second-order valence-electron chi connectivity index (χ2n) is 4.64. The topological polar surface area (TPSA) is 124 Å². The summed E-state index contributed by atoms with van der Waals surface area (Å²) >= 11 is 1.51. The van der Waals surface area contributed by atoms with Crippen molar-refractivity contribution in [3.63, 3.8) is 0 Å². The van der Waals surface area contributed by atoms with E-state index in [-0.39, 0.29) is 17.1 Å². The maximum atomic E-state index is 11.5. The number of nitrogens with zero attached hydrogens (tertiary/aromatic N) is 3. The van der Waals surface area contributed by atoms with Gasteiger partial charge in [0, 0.05) is 6.07 Å². The molecule has 116 valence electrons. The number of aromatic nitrogens is 2. The molecule has 1 amide bonds. The molecule has 0 unspecified atom stereocenters. The SMILES string of the molecule is NC(=O)c1cc([N+](=O)[O-])cnc1NCc1nc2ccccc2s1. The summed E-state index contributed by atoms with van der Waals surface area (Å²) in [5.41, 5.74) is 5.83. The number of carbonyl (C=O) groups excluding carboxylic acids is 1. The van der Waals surface area contributed by atoms with Crippen LogP contribution in [0, 0.1) is 10.1 Å². The van der Waals surface area contributed by atoms with Crippen molar-refractivity contribution in [2.24, 2.45) is 5.73 Å². The number of thiazole rings is 1. The van der Waals surface area contributed by atoms with Crippen LogP contribution in [0.3, 0.4) is 0 Å². The summed E-state index contributed by atoms with van der Waals surface area (Å²) in [5.74, 6) is -0.588. The quantitative estimate of drug-likeness (QED) is 0.547. The van der Waals surface area contributed by atoms with Gasteiger partial charge in [-0.15, -0.1) is 11.3 Å². The second-order valence-corrected chi connectivity index (χ2v) is 5.76. The van der Waals surface area contributed by atoms with Crippen LogP contribution in [0.2, 0.25) is 0 Å². The van der Waals surface area contributed by atoms with Crippen LogP contribution < -0.4 is 11.1 Å². The first-order valence-corrected chi connectivity index (χ1v) is 7.39. The molecule has 0 aliphatic carbocycles. The van der Waals surface area contributed by atoms with Crippen molar-refractivity contribution in [2.75, 3.05) is 5.32 Å². The molecule has 0 saturated carbocycles. The van der Waals surface area contributed by atoms with Crippen LogP contribution in [-0.4, -0.2) is 20.8 Å². The molecule has 0 aliphatic heterocycles. The minimum atomic E-state index is -0.784. The van der Waals surface area contributed by atoms with E-state index in [2.05, 4.69) is 15.3 Å². The van der Waals surface area contributed by atoms with E-state index in [1.54, 1.807) is 0 Å². The number of nitro groups is 1. The Kier molecular flexibility index (Phi) is 3.85. The van der Waals surface area contributed by atoms with Crippen molar-refractivity contribution in [1.82, 2.24) is 9.97 Å². The zero-order valence-corrected chi connectivity index (χ0v) is 12.5. The molecule has 0 spiro atoms. The van der Waals surface area contributed by atoms with Gasteiger partial charge in [0.15, 0.2) is 0 Å². The van der Waals surface area contributed by atoms with Crippen molar-refractivity contribution < 1.29 is 9.72 Å². The minimum absolute atomic E-state index is 0.0275. The van der Waals surface area contributed by atoms with Gasteiger partial charge in [-0.2, -0.15) is 0 Å². The van der Waals surface area contributed by atoms with Crippen LogP contribution in [0.4, 0.5) is 11.5 Å². The average molecular weight is 329 g/mol. The van der Waals surface area contributed by atoms with Gasteiger partial charge in [0.25, 0.3) is 11.6 Å². The fourth-order valence-corrected chi connectivity index (χ4v) is 2.94. The molecule has 0 saturated heterocycles. The monoisotopic (exact) mass is 329 g/mol. The number of nitrogens with one attached hydrogen (secondary N) is 1. The second kappa shape index (κ2) is 5.97. The van der Waals surface area contributed by atoms with Crippen molar-refractivity contribution in [3.05, 3.63) is 57.2 Å². The first-order valence-electron chi connectivity index (χ1n) is 6.57. The van der Waals surface area contributed by atoms with Gasteiger partial charge < -0.3 is 11.1 Å².